The minimum atomic E-state index is -3.16. The average Bonchev–Trinajstić information content (AvgIpc) is 2.78. The summed E-state index contributed by atoms with van der Waals surface area (Å²) in [7, 11) is -1.57. The lowest BCUT2D eigenvalue weighted by Crippen LogP contribution is -2.62. The zero-order valence-electron chi connectivity index (χ0n) is 19.2. The van der Waals surface area contributed by atoms with Gasteiger partial charge >= 0.3 is 0 Å². The third-order valence-electron chi connectivity index (χ3n) is 6.81. The Hall–Kier alpha value is -1.64. The van der Waals surface area contributed by atoms with Crippen molar-refractivity contribution < 1.29 is 17.9 Å². The first-order valence-electron chi connectivity index (χ1n) is 11.5. The molecule has 1 saturated heterocycles. The summed E-state index contributed by atoms with van der Waals surface area (Å²) >= 11 is 0. The van der Waals surface area contributed by atoms with Gasteiger partial charge in [-0.15, -0.1) is 0 Å². The molecule has 0 bridgehead atoms. The molecule has 0 spiro atoms. The van der Waals surface area contributed by atoms with Crippen molar-refractivity contribution in [1.29, 1.82) is 0 Å². The lowest BCUT2D eigenvalue weighted by molar-refractivity contribution is 0.0240. The van der Waals surface area contributed by atoms with Crippen LogP contribution < -0.4 is 10.1 Å². The first-order valence-corrected chi connectivity index (χ1v) is 13.1. The molecular weight excluding hydrogens is 414 g/mol. The number of carbonyl (C=O) groups excluding carboxylic acids is 1. The fourth-order valence-corrected chi connectivity index (χ4v) is 6.57. The molecule has 7 nitrogen and oxygen atoms in total. The Labute approximate surface area is 187 Å². The molecule has 1 aliphatic carbocycles. The van der Waals surface area contributed by atoms with Crippen LogP contribution in [0, 0.1) is 6.92 Å². The van der Waals surface area contributed by atoms with Gasteiger partial charge in [0, 0.05) is 38.3 Å². The van der Waals surface area contributed by atoms with Crippen LogP contribution in [0.3, 0.4) is 0 Å². The van der Waals surface area contributed by atoms with Crippen molar-refractivity contribution >= 4 is 15.9 Å². The summed E-state index contributed by atoms with van der Waals surface area (Å²) in [5.41, 5.74) is 1.38. The number of amides is 1. The normalized spacial score (nSPS) is 20.4. The number of benzene rings is 1. The third kappa shape index (κ3) is 5.41. The number of sulfonamides is 1. The smallest absolute Gasteiger partial charge is 0.255 e. The number of aryl methyl sites for hydroxylation is 1. The van der Waals surface area contributed by atoms with Gasteiger partial charge < -0.3 is 10.1 Å². The summed E-state index contributed by atoms with van der Waals surface area (Å²) in [6, 6.07) is 5.62. The van der Waals surface area contributed by atoms with Crippen molar-refractivity contribution in [1.82, 2.24) is 14.5 Å². The summed E-state index contributed by atoms with van der Waals surface area (Å²) in [5, 5.41) is 3.19. The standard InChI is InChI=1S/C23H37N3O4S/c1-4-17-31(28,29)26-15-13-25(14-16-26)23(11-6-5-7-12-23)18-24-22(27)21-19(2)9-8-10-20(21)30-3/h8-10H,4-7,11-18H2,1-3H3,(H,24,27). The van der Waals surface area contributed by atoms with Crippen molar-refractivity contribution in [2.24, 2.45) is 0 Å². The van der Waals surface area contributed by atoms with Gasteiger partial charge in [-0.05, 0) is 37.8 Å². The Bertz CT molecular complexity index is 858. The molecule has 1 aliphatic heterocycles. The summed E-state index contributed by atoms with van der Waals surface area (Å²) < 4.78 is 32.0. The van der Waals surface area contributed by atoms with E-state index in [1.165, 1.54) is 6.42 Å². The van der Waals surface area contributed by atoms with Crippen LogP contribution in [-0.4, -0.2) is 74.7 Å². The van der Waals surface area contributed by atoms with Gasteiger partial charge in [0.15, 0.2) is 0 Å². The highest BCUT2D eigenvalue weighted by atomic mass is 32.2. The van der Waals surface area contributed by atoms with E-state index in [4.69, 9.17) is 4.74 Å². The van der Waals surface area contributed by atoms with E-state index >= 15 is 0 Å². The van der Waals surface area contributed by atoms with Gasteiger partial charge in [-0.3, -0.25) is 9.69 Å². The number of ether oxygens (including phenoxy) is 1. The van der Waals surface area contributed by atoms with Crippen LogP contribution in [0.15, 0.2) is 18.2 Å². The number of methoxy groups -OCH3 is 1. The molecule has 174 valence electrons. The van der Waals surface area contributed by atoms with Gasteiger partial charge in [-0.1, -0.05) is 38.3 Å². The molecule has 1 N–H and O–H groups in total. The van der Waals surface area contributed by atoms with E-state index < -0.39 is 10.0 Å². The second-order valence-corrected chi connectivity index (χ2v) is 10.9. The maximum atomic E-state index is 13.1. The number of carbonyl (C=O) groups is 1. The molecule has 0 unspecified atom stereocenters. The maximum Gasteiger partial charge on any atom is 0.255 e. The molecule has 3 rings (SSSR count). The van der Waals surface area contributed by atoms with E-state index in [1.54, 1.807) is 11.4 Å². The lowest BCUT2D eigenvalue weighted by atomic mass is 9.79. The first-order chi connectivity index (χ1) is 14.8. The molecule has 1 aromatic carbocycles. The molecule has 1 aromatic rings. The molecule has 0 aromatic heterocycles. The molecule has 1 heterocycles. The van der Waals surface area contributed by atoms with Crippen LogP contribution in [0.5, 0.6) is 5.75 Å². The van der Waals surface area contributed by atoms with Gasteiger partial charge in [0.2, 0.25) is 10.0 Å². The topological polar surface area (TPSA) is 79.0 Å². The predicted octanol–water partition coefficient (Wildman–Crippen LogP) is 2.79. The summed E-state index contributed by atoms with van der Waals surface area (Å²) in [4.78, 5) is 15.5. The van der Waals surface area contributed by atoms with E-state index in [9.17, 15) is 13.2 Å². The van der Waals surface area contributed by atoms with Gasteiger partial charge in [-0.2, -0.15) is 4.31 Å². The Morgan fingerprint density at radius 1 is 1.13 bits per heavy atom. The van der Waals surface area contributed by atoms with Crippen molar-refractivity contribution in [2.75, 3.05) is 45.6 Å². The second kappa shape index (κ2) is 10.3. The Morgan fingerprint density at radius 3 is 2.42 bits per heavy atom. The van der Waals surface area contributed by atoms with Crippen LogP contribution in [0.1, 0.15) is 61.4 Å². The Kier molecular flexibility index (Phi) is 7.99. The van der Waals surface area contributed by atoms with E-state index in [1.807, 2.05) is 32.0 Å². The van der Waals surface area contributed by atoms with Gasteiger partial charge in [-0.25, -0.2) is 8.42 Å². The number of rotatable bonds is 8. The van der Waals surface area contributed by atoms with Crippen LogP contribution in [-0.2, 0) is 10.0 Å². The lowest BCUT2D eigenvalue weighted by Gasteiger charge is -2.49. The van der Waals surface area contributed by atoms with E-state index in [0.29, 0.717) is 50.5 Å². The van der Waals surface area contributed by atoms with Gasteiger partial charge in [0.25, 0.3) is 5.91 Å². The van der Waals surface area contributed by atoms with Gasteiger partial charge in [0.1, 0.15) is 5.75 Å². The van der Waals surface area contributed by atoms with Crippen LogP contribution in [0.2, 0.25) is 0 Å². The first kappa shape index (κ1) is 24.0. The molecular formula is C23H37N3O4S. The fourth-order valence-electron chi connectivity index (χ4n) is 5.08. The molecule has 1 saturated carbocycles. The molecule has 31 heavy (non-hydrogen) atoms. The number of hydrogen-bond donors (Lipinski definition) is 1. The highest BCUT2D eigenvalue weighted by Gasteiger charge is 2.41. The predicted molar refractivity (Wildman–Crippen MR) is 123 cm³/mol. The van der Waals surface area contributed by atoms with Crippen LogP contribution in [0.25, 0.3) is 0 Å². The Morgan fingerprint density at radius 2 is 1.81 bits per heavy atom. The summed E-state index contributed by atoms with van der Waals surface area (Å²) in [6.07, 6.45) is 6.18. The zero-order chi connectivity index (χ0) is 22.5. The highest BCUT2D eigenvalue weighted by Crippen LogP contribution is 2.34. The van der Waals surface area contributed by atoms with Crippen LogP contribution >= 0.6 is 0 Å². The molecule has 2 aliphatic rings. The fraction of sp³-hybridized carbons (Fsp3) is 0.696. The Balaban J connectivity index is 1.70. The summed E-state index contributed by atoms with van der Waals surface area (Å²) in [6.45, 7) is 6.89. The molecule has 0 atom stereocenters. The summed E-state index contributed by atoms with van der Waals surface area (Å²) in [5.74, 6) is 0.695. The van der Waals surface area contributed by atoms with Crippen molar-refractivity contribution in [3.05, 3.63) is 29.3 Å². The van der Waals surface area contributed by atoms with Crippen molar-refractivity contribution in [2.45, 2.75) is 57.9 Å². The highest BCUT2D eigenvalue weighted by molar-refractivity contribution is 7.89. The average molecular weight is 452 g/mol. The monoisotopic (exact) mass is 451 g/mol. The van der Waals surface area contributed by atoms with Crippen molar-refractivity contribution in [3.63, 3.8) is 0 Å². The zero-order valence-corrected chi connectivity index (χ0v) is 20.0. The quantitative estimate of drug-likeness (QED) is 0.658. The second-order valence-electron chi connectivity index (χ2n) is 8.82. The minimum Gasteiger partial charge on any atom is -0.496 e. The number of nitrogens with one attached hydrogen (secondary N) is 1. The minimum absolute atomic E-state index is 0.107. The van der Waals surface area contributed by atoms with E-state index in [0.717, 1.165) is 31.2 Å². The third-order valence-corrected chi connectivity index (χ3v) is 8.88. The molecule has 1 amide bonds. The SMILES string of the molecule is CCCS(=O)(=O)N1CCN(C2(CNC(=O)c3c(C)cccc3OC)CCCCC2)CC1. The molecule has 8 heteroatoms. The molecule has 0 radical (unpaired) electrons. The van der Waals surface area contributed by atoms with Crippen LogP contribution in [0.4, 0.5) is 0 Å². The number of hydrogen-bond acceptors (Lipinski definition) is 5. The van der Waals surface area contributed by atoms with E-state index in [-0.39, 0.29) is 17.2 Å². The number of nitrogens with zero attached hydrogens (tertiary/aromatic N) is 2. The van der Waals surface area contributed by atoms with Crippen molar-refractivity contribution in [3.8, 4) is 5.75 Å². The molecule has 2 fully saturated rings. The van der Waals surface area contributed by atoms with Gasteiger partial charge in [0.05, 0.1) is 18.4 Å². The van der Waals surface area contributed by atoms with E-state index in [2.05, 4.69) is 10.2 Å². The largest absolute Gasteiger partial charge is 0.496 e. The maximum absolute atomic E-state index is 13.1. The number of piperazine rings is 1.